The van der Waals surface area contributed by atoms with Crippen molar-refractivity contribution in [2.24, 2.45) is 11.3 Å². The van der Waals surface area contributed by atoms with E-state index in [1.54, 1.807) is 30.3 Å². The molecule has 37 heavy (non-hydrogen) atoms. The molecule has 0 spiro atoms. The van der Waals surface area contributed by atoms with Crippen LogP contribution >= 0.6 is 0 Å². The van der Waals surface area contributed by atoms with Gasteiger partial charge in [-0.2, -0.15) is 0 Å². The minimum atomic E-state index is -3.54. The summed E-state index contributed by atoms with van der Waals surface area (Å²) in [5.74, 6) is -0.450. The largest absolute Gasteiger partial charge is 0.344 e. The Bertz CT molecular complexity index is 1370. The van der Waals surface area contributed by atoms with Crippen LogP contribution in [0.2, 0.25) is 0 Å². The van der Waals surface area contributed by atoms with Gasteiger partial charge in [0.05, 0.1) is 10.6 Å². The van der Waals surface area contributed by atoms with Crippen molar-refractivity contribution < 1.29 is 18.0 Å². The molecule has 0 aliphatic heterocycles. The molecule has 0 saturated heterocycles. The zero-order valence-corrected chi connectivity index (χ0v) is 22.6. The van der Waals surface area contributed by atoms with Crippen LogP contribution < -0.4 is 10.6 Å². The van der Waals surface area contributed by atoms with E-state index in [1.807, 2.05) is 57.2 Å². The minimum Gasteiger partial charge on any atom is -0.344 e. The zero-order chi connectivity index (χ0) is 26.6. The van der Waals surface area contributed by atoms with E-state index in [0.717, 1.165) is 31.2 Å². The number of anilines is 1. The van der Waals surface area contributed by atoms with E-state index >= 15 is 0 Å². The monoisotopic (exact) mass is 520 g/mol. The number of hydrogen-bond donors (Lipinski definition) is 2. The summed E-state index contributed by atoms with van der Waals surface area (Å²) in [5.41, 5.74) is 1.07. The average Bonchev–Trinajstić information content (AvgIpc) is 3.38. The highest BCUT2D eigenvalue weighted by Crippen LogP contribution is 2.32. The number of fused-ring (bicyclic) bond motifs is 1. The molecule has 4 rings (SSSR count). The SMILES string of the molecule is CC(C)(C)CS(=O)(=O)c1cccc2c(NC(=O)[C@H](Cc3ccccc3)NC(=O)C3CCCC3)cccc12. The Kier molecular flexibility index (Phi) is 8.02. The van der Waals surface area contributed by atoms with Gasteiger partial charge in [0.25, 0.3) is 0 Å². The number of nitrogens with one attached hydrogen (secondary N) is 2. The second-order valence-corrected chi connectivity index (χ2v) is 13.2. The fraction of sp³-hybridized carbons (Fsp3) is 0.400. The van der Waals surface area contributed by atoms with Crippen LogP contribution in [-0.4, -0.2) is 32.0 Å². The first-order valence-corrected chi connectivity index (χ1v) is 14.6. The number of hydrogen-bond acceptors (Lipinski definition) is 4. The maximum absolute atomic E-state index is 13.5. The predicted molar refractivity (Wildman–Crippen MR) is 148 cm³/mol. The van der Waals surface area contributed by atoms with Crippen LogP contribution in [0.15, 0.2) is 71.6 Å². The van der Waals surface area contributed by atoms with Gasteiger partial charge in [0, 0.05) is 28.8 Å². The fourth-order valence-corrected chi connectivity index (χ4v) is 7.16. The Labute approximate surface area is 219 Å². The molecule has 0 aromatic heterocycles. The van der Waals surface area contributed by atoms with Crippen molar-refractivity contribution in [3.05, 3.63) is 72.3 Å². The third-order valence-corrected chi connectivity index (χ3v) is 9.01. The lowest BCUT2D eigenvalue weighted by Gasteiger charge is -2.22. The van der Waals surface area contributed by atoms with E-state index in [9.17, 15) is 18.0 Å². The molecule has 1 aliphatic carbocycles. The molecule has 0 radical (unpaired) electrons. The molecule has 6 nitrogen and oxygen atoms in total. The van der Waals surface area contributed by atoms with Crippen LogP contribution in [-0.2, 0) is 25.8 Å². The molecule has 2 amide bonds. The summed E-state index contributed by atoms with van der Waals surface area (Å²) in [5, 5.41) is 7.18. The average molecular weight is 521 g/mol. The highest BCUT2D eigenvalue weighted by Gasteiger charge is 2.29. The lowest BCUT2D eigenvalue weighted by atomic mass is 10.0. The van der Waals surface area contributed by atoms with Crippen molar-refractivity contribution in [2.45, 2.75) is 63.8 Å². The van der Waals surface area contributed by atoms with E-state index in [4.69, 9.17) is 0 Å². The molecule has 0 bridgehead atoms. The van der Waals surface area contributed by atoms with Gasteiger partial charge in [-0.3, -0.25) is 9.59 Å². The molecule has 1 aliphatic rings. The molecule has 3 aromatic rings. The molecule has 1 saturated carbocycles. The first-order chi connectivity index (χ1) is 17.5. The van der Waals surface area contributed by atoms with Gasteiger partial charge >= 0.3 is 0 Å². The van der Waals surface area contributed by atoms with Crippen LogP contribution in [0.3, 0.4) is 0 Å². The molecule has 2 N–H and O–H groups in total. The maximum Gasteiger partial charge on any atom is 0.247 e. The van der Waals surface area contributed by atoms with Gasteiger partial charge in [0.15, 0.2) is 9.84 Å². The summed E-state index contributed by atoms with van der Waals surface area (Å²) in [4.78, 5) is 26.7. The van der Waals surface area contributed by atoms with Crippen molar-refractivity contribution in [3.8, 4) is 0 Å². The van der Waals surface area contributed by atoms with Crippen LogP contribution in [0.4, 0.5) is 5.69 Å². The lowest BCUT2D eigenvalue weighted by molar-refractivity contribution is -0.129. The minimum absolute atomic E-state index is 0.0159. The molecule has 3 aromatic carbocycles. The standard InChI is InChI=1S/C30H36N2O4S/c1-30(2,3)20-37(35,36)27-18-10-15-23-24(27)16-9-17-25(23)31-29(34)26(19-21-11-5-4-6-12-21)32-28(33)22-13-7-8-14-22/h4-6,9-12,15-18,22,26H,7-8,13-14,19-20H2,1-3H3,(H,31,34)(H,32,33)/t26-/m0/s1. The molecule has 1 fully saturated rings. The van der Waals surface area contributed by atoms with Crippen LogP contribution in [0.5, 0.6) is 0 Å². The van der Waals surface area contributed by atoms with E-state index in [-0.39, 0.29) is 28.4 Å². The molecule has 1 atom stereocenters. The second kappa shape index (κ2) is 11.1. The summed E-state index contributed by atoms with van der Waals surface area (Å²) in [6, 6.07) is 19.3. The molecule has 0 heterocycles. The summed E-state index contributed by atoms with van der Waals surface area (Å²) >= 11 is 0. The Morgan fingerprint density at radius 2 is 1.54 bits per heavy atom. The molecule has 7 heteroatoms. The van der Waals surface area contributed by atoms with Crippen molar-refractivity contribution >= 4 is 38.1 Å². The van der Waals surface area contributed by atoms with E-state index in [2.05, 4.69) is 10.6 Å². The third kappa shape index (κ3) is 6.77. The molecule has 196 valence electrons. The normalized spacial score (nSPS) is 15.4. The molecular formula is C30H36N2O4S. The van der Waals surface area contributed by atoms with Gasteiger partial charge in [0.1, 0.15) is 6.04 Å². The van der Waals surface area contributed by atoms with Crippen LogP contribution in [0.1, 0.15) is 52.0 Å². The highest BCUT2D eigenvalue weighted by atomic mass is 32.2. The summed E-state index contributed by atoms with van der Waals surface area (Å²) in [6.07, 6.45) is 4.12. The summed E-state index contributed by atoms with van der Waals surface area (Å²) in [7, 11) is -3.54. The lowest BCUT2D eigenvalue weighted by Crippen LogP contribution is -2.47. The van der Waals surface area contributed by atoms with Crippen LogP contribution in [0.25, 0.3) is 10.8 Å². The quantitative estimate of drug-likeness (QED) is 0.409. The van der Waals surface area contributed by atoms with Gasteiger partial charge in [-0.05, 0) is 36.0 Å². The zero-order valence-electron chi connectivity index (χ0n) is 21.8. The van der Waals surface area contributed by atoms with Gasteiger partial charge < -0.3 is 10.6 Å². The Morgan fingerprint density at radius 1 is 0.892 bits per heavy atom. The first-order valence-electron chi connectivity index (χ1n) is 12.9. The van der Waals surface area contributed by atoms with Gasteiger partial charge in [-0.1, -0.05) is 88.2 Å². The summed E-state index contributed by atoms with van der Waals surface area (Å²) < 4.78 is 26.4. The highest BCUT2D eigenvalue weighted by molar-refractivity contribution is 7.91. The molecular weight excluding hydrogens is 484 g/mol. The van der Waals surface area contributed by atoms with Crippen LogP contribution in [0, 0.1) is 11.3 Å². The topological polar surface area (TPSA) is 92.3 Å². The second-order valence-electron chi connectivity index (χ2n) is 11.2. The first kappa shape index (κ1) is 26.9. The number of sulfone groups is 1. The van der Waals surface area contributed by atoms with E-state index in [0.29, 0.717) is 22.9 Å². The number of carbonyl (C=O) groups excluding carboxylic acids is 2. The van der Waals surface area contributed by atoms with Crippen molar-refractivity contribution in [3.63, 3.8) is 0 Å². The van der Waals surface area contributed by atoms with Crippen molar-refractivity contribution in [1.82, 2.24) is 5.32 Å². The van der Waals surface area contributed by atoms with Gasteiger partial charge in [0.2, 0.25) is 11.8 Å². The van der Waals surface area contributed by atoms with E-state index < -0.39 is 21.3 Å². The smallest absolute Gasteiger partial charge is 0.247 e. The number of benzene rings is 3. The van der Waals surface area contributed by atoms with Gasteiger partial charge in [-0.25, -0.2) is 8.42 Å². The van der Waals surface area contributed by atoms with Gasteiger partial charge in [-0.15, -0.1) is 0 Å². The fourth-order valence-electron chi connectivity index (χ4n) is 5.07. The number of rotatable bonds is 8. The maximum atomic E-state index is 13.5. The molecule has 0 unspecified atom stereocenters. The third-order valence-electron chi connectivity index (χ3n) is 6.74. The summed E-state index contributed by atoms with van der Waals surface area (Å²) in [6.45, 7) is 5.69. The Balaban J connectivity index is 1.63. The Hall–Kier alpha value is -3.19. The van der Waals surface area contributed by atoms with Crippen molar-refractivity contribution in [2.75, 3.05) is 11.1 Å². The predicted octanol–water partition coefficient (Wildman–Crippen LogP) is 5.52. The van der Waals surface area contributed by atoms with E-state index in [1.165, 1.54) is 0 Å². The number of amides is 2. The Morgan fingerprint density at radius 3 is 2.22 bits per heavy atom. The van der Waals surface area contributed by atoms with Crippen molar-refractivity contribution in [1.29, 1.82) is 0 Å². The number of carbonyl (C=O) groups is 2.